The van der Waals surface area contributed by atoms with Crippen molar-refractivity contribution in [3.63, 3.8) is 0 Å². The first-order valence-corrected chi connectivity index (χ1v) is 5.89. The van der Waals surface area contributed by atoms with E-state index in [1.165, 1.54) is 0 Å². The van der Waals surface area contributed by atoms with E-state index in [4.69, 9.17) is 0 Å². The molecule has 0 saturated carbocycles. The van der Waals surface area contributed by atoms with Gasteiger partial charge in [0.25, 0.3) is 0 Å². The number of Topliss-reactive ketones (excluding diaryl/α,β-unsaturated/α-hetero) is 1. The van der Waals surface area contributed by atoms with Crippen molar-refractivity contribution in [1.29, 1.82) is 0 Å². The van der Waals surface area contributed by atoms with Crippen LogP contribution in [-0.4, -0.2) is 48.3 Å². The van der Waals surface area contributed by atoms with E-state index in [2.05, 4.69) is 10.6 Å². The summed E-state index contributed by atoms with van der Waals surface area (Å²) < 4.78 is 0. The molecule has 0 aromatic rings. The van der Waals surface area contributed by atoms with E-state index in [0.717, 1.165) is 0 Å². The standard InChI is InChI=1S/C11H19N3O3/c1-3-12-11(17)13-10(16)8(2)14-6-4-9(15)5-7-14/h8H,3-7H2,1-2H3,(H2,12,13,16,17). The summed E-state index contributed by atoms with van der Waals surface area (Å²) in [5.41, 5.74) is 0. The number of urea groups is 1. The van der Waals surface area contributed by atoms with E-state index in [1.54, 1.807) is 13.8 Å². The van der Waals surface area contributed by atoms with Crippen molar-refractivity contribution in [3.05, 3.63) is 0 Å². The number of amides is 3. The molecule has 1 aliphatic rings. The average Bonchev–Trinajstić information content (AvgIpc) is 2.29. The van der Waals surface area contributed by atoms with Crippen molar-refractivity contribution in [3.8, 4) is 0 Å². The summed E-state index contributed by atoms with van der Waals surface area (Å²) >= 11 is 0. The summed E-state index contributed by atoms with van der Waals surface area (Å²) in [5, 5.41) is 4.77. The fourth-order valence-corrected chi connectivity index (χ4v) is 1.75. The first-order chi connectivity index (χ1) is 8.04. The third-order valence-corrected chi connectivity index (χ3v) is 2.86. The molecule has 1 saturated heterocycles. The molecule has 6 nitrogen and oxygen atoms in total. The minimum absolute atomic E-state index is 0.234. The molecule has 0 radical (unpaired) electrons. The van der Waals surface area contributed by atoms with Crippen molar-refractivity contribution in [2.75, 3.05) is 19.6 Å². The minimum atomic E-state index is -0.475. The van der Waals surface area contributed by atoms with Gasteiger partial charge in [-0.15, -0.1) is 0 Å². The van der Waals surface area contributed by atoms with Gasteiger partial charge in [0.2, 0.25) is 5.91 Å². The molecule has 1 atom stereocenters. The Hall–Kier alpha value is -1.43. The summed E-state index contributed by atoms with van der Waals surface area (Å²) in [6.07, 6.45) is 0.970. The predicted octanol–water partition coefficient (Wildman–Crippen LogP) is -0.114. The molecular weight excluding hydrogens is 222 g/mol. The highest BCUT2D eigenvalue weighted by molar-refractivity contribution is 5.96. The maximum Gasteiger partial charge on any atom is 0.321 e. The van der Waals surface area contributed by atoms with Crippen molar-refractivity contribution < 1.29 is 14.4 Å². The number of hydrogen-bond donors (Lipinski definition) is 2. The molecule has 0 bridgehead atoms. The van der Waals surface area contributed by atoms with E-state index < -0.39 is 6.03 Å². The zero-order chi connectivity index (χ0) is 12.8. The van der Waals surface area contributed by atoms with Crippen molar-refractivity contribution >= 4 is 17.7 Å². The molecule has 17 heavy (non-hydrogen) atoms. The fraction of sp³-hybridized carbons (Fsp3) is 0.727. The van der Waals surface area contributed by atoms with Crippen LogP contribution >= 0.6 is 0 Å². The molecule has 0 aliphatic carbocycles. The second kappa shape index (κ2) is 6.34. The molecule has 3 amide bonds. The maximum absolute atomic E-state index is 11.7. The highest BCUT2D eigenvalue weighted by Crippen LogP contribution is 2.09. The van der Waals surface area contributed by atoms with E-state index in [-0.39, 0.29) is 17.7 Å². The Morgan fingerprint density at radius 3 is 2.47 bits per heavy atom. The molecule has 1 aliphatic heterocycles. The second-order valence-electron chi connectivity index (χ2n) is 4.10. The zero-order valence-corrected chi connectivity index (χ0v) is 10.3. The van der Waals surface area contributed by atoms with E-state index in [9.17, 15) is 14.4 Å². The van der Waals surface area contributed by atoms with E-state index in [1.807, 2.05) is 4.90 Å². The van der Waals surface area contributed by atoms with Crippen LogP contribution in [0.15, 0.2) is 0 Å². The lowest BCUT2D eigenvalue weighted by molar-refractivity contribution is -0.128. The van der Waals surface area contributed by atoms with Crippen molar-refractivity contribution in [2.45, 2.75) is 32.7 Å². The van der Waals surface area contributed by atoms with Crippen LogP contribution in [0, 0.1) is 0 Å². The van der Waals surface area contributed by atoms with Crippen molar-refractivity contribution in [2.24, 2.45) is 0 Å². The van der Waals surface area contributed by atoms with Gasteiger partial charge in [-0.1, -0.05) is 0 Å². The van der Waals surface area contributed by atoms with Gasteiger partial charge in [-0.2, -0.15) is 0 Å². The monoisotopic (exact) mass is 241 g/mol. The molecule has 1 unspecified atom stereocenters. The summed E-state index contributed by atoms with van der Waals surface area (Å²) in [5.74, 6) is -0.0946. The summed E-state index contributed by atoms with van der Waals surface area (Å²) in [6, 6.07) is -0.858. The first-order valence-electron chi connectivity index (χ1n) is 5.89. The normalized spacial score (nSPS) is 18.6. The van der Waals surface area contributed by atoms with Crippen LogP contribution in [0.1, 0.15) is 26.7 Å². The zero-order valence-electron chi connectivity index (χ0n) is 10.3. The highest BCUT2D eigenvalue weighted by atomic mass is 16.2. The van der Waals surface area contributed by atoms with E-state index >= 15 is 0 Å². The van der Waals surface area contributed by atoms with Gasteiger partial charge < -0.3 is 5.32 Å². The number of nitrogens with one attached hydrogen (secondary N) is 2. The second-order valence-corrected chi connectivity index (χ2v) is 4.10. The topological polar surface area (TPSA) is 78.5 Å². The quantitative estimate of drug-likeness (QED) is 0.722. The lowest BCUT2D eigenvalue weighted by Gasteiger charge is -2.30. The molecule has 96 valence electrons. The van der Waals surface area contributed by atoms with Crippen LogP contribution in [0.4, 0.5) is 4.79 Å². The summed E-state index contributed by atoms with van der Waals surface area (Å²) in [6.45, 7) is 5.17. The Balaban J connectivity index is 2.41. The number of hydrogen-bond acceptors (Lipinski definition) is 4. The number of carbonyl (C=O) groups is 3. The Morgan fingerprint density at radius 2 is 1.94 bits per heavy atom. The molecule has 0 spiro atoms. The Kier molecular flexibility index (Phi) is 5.09. The third kappa shape index (κ3) is 4.14. The van der Waals surface area contributed by atoms with Gasteiger partial charge in [0.1, 0.15) is 5.78 Å². The molecule has 1 fully saturated rings. The Bertz CT molecular complexity index is 307. The number of carbonyl (C=O) groups excluding carboxylic acids is 3. The molecule has 0 aromatic carbocycles. The van der Waals surface area contributed by atoms with Crippen LogP contribution in [0.25, 0.3) is 0 Å². The van der Waals surface area contributed by atoms with Gasteiger partial charge in [0, 0.05) is 32.5 Å². The van der Waals surface area contributed by atoms with Gasteiger partial charge in [0.05, 0.1) is 6.04 Å². The van der Waals surface area contributed by atoms with Crippen LogP contribution in [0.3, 0.4) is 0 Å². The molecule has 1 heterocycles. The third-order valence-electron chi connectivity index (χ3n) is 2.86. The lowest BCUT2D eigenvalue weighted by atomic mass is 10.1. The molecular formula is C11H19N3O3. The molecule has 2 N–H and O–H groups in total. The molecule has 6 heteroatoms. The number of piperidine rings is 1. The number of ketones is 1. The van der Waals surface area contributed by atoms with Gasteiger partial charge in [0.15, 0.2) is 0 Å². The lowest BCUT2D eigenvalue weighted by Crippen LogP contribution is -2.51. The van der Waals surface area contributed by atoms with Gasteiger partial charge in [-0.3, -0.25) is 19.8 Å². The summed E-state index contributed by atoms with van der Waals surface area (Å²) in [7, 11) is 0. The smallest absolute Gasteiger partial charge is 0.321 e. The van der Waals surface area contributed by atoms with E-state index in [0.29, 0.717) is 32.5 Å². The fourth-order valence-electron chi connectivity index (χ4n) is 1.75. The largest absolute Gasteiger partial charge is 0.338 e. The van der Waals surface area contributed by atoms with Crippen molar-refractivity contribution in [1.82, 2.24) is 15.5 Å². The van der Waals surface area contributed by atoms with Crippen LogP contribution in [-0.2, 0) is 9.59 Å². The average molecular weight is 241 g/mol. The predicted molar refractivity (Wildman–Crippen MR) is 62.5 cm³/mol. The molecule has 1 rings (SSSR count). The Morgan fingerprint density at radius 1 is 1.35 bits per heavy atom. The minimum Gasteiger partial charge on any atom is -0.338 e. The number of rotatable bonds is 3. The van der Waals surface area contributed by atoms with Gasteiger partial charge >= 0.3 is 6.03 Å². The Labute approximate surface area is 101 Å². The number of likely N-dealkylation sites (tertiary alicyclic amines) is 1. The van der Waals surface area contributed by atoms with Gasteiger partial charge in [-0.25, -0.2) is 4.79 Å². The maximum atomic E-state index is 11.7. The molecule has 0 aromatic heterocycles. The number of nitrogens with zero attached hydrogens (tertiary/aromatic N) is 1. The van der Waals surface area contributed by atoms with Crippen LogP contribution < -0.4 is 10.6 Å². The van der Waals surface area contributed by atoms with Crippen LogP contribution in [0.2, 0.25) is 0 Å². The van der Waals surface area contributed by atoms with Gasteiger partial charge in [-0.05, 0) is 13.8 Å². The number of imide groups is 1. The summed E-state index contributed by atoms with van der Waals surface area (Å²) in [4.78, 5) is 35.9. The SMILES string of the molecule is CCNC(=O)NC(=O)C(C)N1CCC(=O)CC1. The highest BCUT2D eigenvalue weighted by Gasteiger charge is 2.26. The first kappa shape index (κ1) is 13.6. The van der Waals surface area contributed by atoms with Crippen LogP contribution in [0.5, 0.6) is 0 Å².